The number of aromatic nitrogens is 1. The number of halogens is 1. The zero-order chi connectivity index (χ0) is 22.3. The minimum atomic E-state index is -0.622. The maximum atomic E-state index is 14.1. The molecule has 0 bridgehead atoms. The van der Waals surface area contributed by atoms with Crippen LogP contribution in [0.2, 0.25) is 0 Å². The lowest BCUT2D eigenvalue weighted by atomic mass is 10.2. The molecule has 0 spiro atoms. The number of carbonyl (C=O) groups excluding carboxylic acids is 3. The third-order valence-corrected chi connectivity index (χ3v) is 4.39. The SMILES string of the molecule is CC(=O)N(c1nc(COC(=O)CCNC(=O)OC(C)(C)C)cs1)c1ccccc1F. The number of ether oxygens (including phenoxy) is 2. The maximum Gasteiger partial charge on any atom is 0.407 e. The van der Waals surface area contributed by atoms with E-state index in [1.54, 1.807) is 32.2 Å². The van der Waals surface area contributed by atoms with E-state index in [0.717, 1.165) is 16.2 Å². The molecule has 0 saturated heterocycles. The van der Waals surface area contributed by atoms with E-state index in [1.165, 1.54) is 25.1 Å². The largest absolute Gasteiger partial charge is 0.459 e. The maximum absolute atomic E-state index is 14.1. The summed E-state index contributed by atoms with van der Waals surface area (Å²) in [5, 5.41) is 4.36. The first-order valence-electron chi connectivity index (χ1n) is 9.19. The highest BCUT2D eigenvalue weighted by Gasteiger charge is 2.21. The van der Waals surface area contributed by atoms with E-state index in [2.05, 4.69) is 10.3 Å². The standard InChI is InChI=1S/C20H24FN3O5S/c1-13(25)24(16-8-6-5-7-15(16)21)18-23-14(12-30-18)11-28-17(26)9-10-22-19(27)29-20(2,3)4/h5-8,12H,9-11H2,1-4H3,(H,22,27). The number of nitrogens with zero attached hydrogens (tertiary/aromatic N) is 2. The summed E-state index contributed by atoms with van der Waals surface area (Å²) in [4.78, 5) is 40.8. The van der Waals surface area contributed by atoms with Crippen LogP contribution < -0.4 is 10.2 Å². The van der Waals surface area contributed by atoms with E-state index in [1.807, 2.05) is 0 Å². The Morgan fingerprint density at radius 1 is 1.23 bits per heavy atom. The second-order valence-electron chi connectivity index (χ2n) is 7.27. The van der Waals surface area contributed by atoms with Crippen molar-refractivity contribution in [2.45, 2.75) is 46.3 Å². The highest BCUT2D eigenvalue weighted by Crippen LogP contribution is 2.30. The van der Waals surface area contributed by atoms with E-state index < -0.39 is 29.4 Å². The van der Waals surface area contributed by atoms with E-state index in [-0.39, 0.29) is 30.4 Å². The van der Waals surface area contributed by atoms with Gasteiger partial charge in [-0.15, -0.1) is 11.3 Å². The Hall–Kier alpha value is -3.01. The number of hydrogen-bond acceptors (Lipinski definition) is 7. The van der Waals surface area contributed by atoms with Crippen molar-refractivity contribution < 1.29 is 28.2 Å². The van der Waals surface area contributed by atoms with Crippen LogP contribution in [0.1, 0.15) is 39.8 Å². The van der Waals surface area contributed by atoms with Crippen LogP contribution in [0.3, 0.4) is 0 Å². The van der Waals surface area contributed by atoms with Gasteiger partial charge >= 0.3 is 12.1 Å². The van der Waals surface area contributed by atoms with Crippen LogP contribution in [0.5, 0.6) is 0 Å². The number of nitrogens with one attached hydrogen (secondary N) is 1. The van der Waals surface area contributed by atoms with E-state index in [4.69, 9.17) is 9.47 Å². The van der Waals surface area contributed by atoms with E-state index in [0.29, 0.717) is 5.69 Å². The second kappa shape index (κ2) is 10.1. The normalized spacial score (nSPS) is 11.0. The summed E-state index contributed by atoms with van der Waals surface area (Å²) in [5.74, 6) is -1.47. The van der Waals surface area contributed by atoms with Gasteiger partial charge in [0.25, 0.3) is 0 Å². The third-order valence-electron chi connectivity index (χ3n) is 3.52. The first-order chi connectivity index (χ1) is 14.1. The van der Waals surface area contributed by atoms with Crippen LogP contribution in [-0.2, 0) is 25.7 Å². The van der Waals surface area contributed by atoms with Crippen LogP contribution >= 0.6 is 11.3 Å². The molecule has 162 valence electrons. The molecule has 0 aliphatic rings. The van der Waals surface area contributed by atoms with Crippen molar-refractivity contribution in [3.63, 3.8) is 0 Å². The van der Waals surface area contributed by atoms with Crippen molar-refractivity contribution in [2.75, 3.05) is 11.4 Å². The van der Waals surface area contributed by atoms with Gasteiger partial charge < -0.3 is 14.8 Å². The number of benzene rings is 1. The second-order valence-corrected chi connectivity index (χ2v) is 8.10. The number of hydrogen-bond donors (Lipinski definition) is 1. The number of alkyl carbamates (subject to hydrolysis) is 1. The van der Waals surface area contributed by atoms with Crippen molar-refractivity contribution in [3.05, 3.63) is 41.2 Å². The van der Waals surface area contributed by atoms with Crippen molar-refractivity contribution in [1.29, 1.82) is 0 Å². The summed E-state index contributed by atoms with van der Waals surface area (Å²) in [5.41, 5.74) is -0.106. The molecule has 0 aliphatic carbocycles. The fraction of sp³-hybridized carbons (Fsp3) is 0.400. The van der Waals surface area contributed by atoms with Gasteiger partial charge in [-0.25, -0.2) is 14.2 Å². The van der Waals surface area contributed by atoms with Gasteiger partial charge in [0.1, 0.15) is 18.0 Å². The zero-order valence-corrected chi connectivity index (χ0v) is 18.0. The molecule has 1 aromatic carbocycles. The first kappa shape index (κ1) is 23.3. The Kier molecular flexibility index (Phi) is 7.87. The van der Waals surface area contributed by atoms with Gasteiger partial charge in [-0.2, -0.15) is 0 Å². The average Bonchev–Trinajstić information content (AvgIpc) is 3.08. The summed E-state index contributed by atoms with van der Waals surface area (Å²) in [6, 6.07) is 5.89. The number of anilines is 2. The fourth-order valence-corrected chi connectivity index (χ4v) is 3.18. The lowest BCUT2D eigenvalue weighted by molar-refractivity contribution is -0.144. The Bertz CT molecular complexity index is 910. The lowest BCUT2D eigenvalue weighted by Crippen LogP contribution is -2.33. The van der Waals surface area contributed by atoms with Crippen LogP contribution in [0.25, 0.3) is 0 Å². The van der Waals surface area contributed by atoms with Crippen LogP contribution in [-0.4, -0.2) is 35.1 Å². The Labute approximate surface area is 178 Å². The number of rotatable bonds is 7. The van der Waals surface area contributed by atoms with E-state index in [9.17, 15) is 18.8 Å². The highest BCUT2D eigenvalue weighted by atomic mass is 32.1. The Morgan fingerprint density at radius 2 is 1.93 bits per heavy atom. The number of carbonyl (C=O) groups is 3. The lowest BCUT2D eigenvalue weighted by Gasteiger charge is -2.19. The predicted molar refractivity (Wildman–Crippen MR) is 110 cm³/mol. The fourth-order valence-electron chi connectivity index (χ4n) is 2.31. The molecule has 0 radical (unpaired) electrons. The smallest absolute Gasteiger partial charge is 0.407 e. The van der Waals surface area contributed by atoms with Crippen molar-refractivity contribution in [3.8, 4) is 0 Å². The molecule has 0 saturated carbocycles. The van der Waals surface area contributed by atoms with Gasteiger partial charge in [0, 0.05) is 18.8 Å². The average molecular weight is 437 g/mol. The molecule has 2 rings (SSSR count). The van der Waals surface area contributed by atoms with Crippen molar-refractivity contribution in [2.24, 2.45) is 0 Å². The zero-order valence-electron chi connectivity index (χ0n) is 17.2. The van der Waals surface area contributed by atoms with Crippen LogP contribution in [0.15, 0.2) is 29.6 Å². The third kappa shape index (κ3) is 7.11. The van der Waals surface area contributed by atoms with Crippen molar-refractivity contribution in [1.82, 2.24) is 10.3 Å². The van der Waals surface area contributed by atoms with E-state index >= 15 is 0 Å². The predicted octanol–water partition coefficient (Wildman–Crippen LogP) is 3.92. The van der Waals surface area contributed by atoms with Gasteiger partial charge in [-0.1, -0.05) is 12.1 Å². The minimum Gasteiger partial charge on any atom is -0.459 e. The molecule has 2 amide bonds. The molecule has 10 heteroatoms. The van der Waals surface area contributed by atoms with Gasteiger partial charge in [-0.3, -0.25) is 14.5 Å². The Morgan fingerprint density at radius 3 is 2.57 bits per heavy atom. The van der Waals surface area contributed by atoms with Crippen LogP contribution in [0, 0.1) is 5.82 Å². The number of amides is 2. The van der Waals surface area contributed by atoms with Gasteiger partial charge in [0.05, 0.1) is 17.8 Å². The summed E-state index contributed by atoms with van der Waals surface area (Å²) < 4.78 is 24.3. The molecule has 1 aromatic heterocycles. The van der Waals surface area contributed by atoms with Gasteiger partial charge in [-0.05, 0) is 32.9 Å². The summed E-state index contributed by atoms with van der Waals surface area (Å²) in [6.45, 7) is 6.49. The minimum absolute atomic E-state index is 0.0367. The molecule has 0 atom stereocenters. The Balaban J connectivity index is 1.88. The number of thiazole rings is 1. The van der Waals surface area contributed by atoms with Crippen LogP contribution in [0.4, 0.5) is 20.0 Å². The number of para-hydroxylation sites is 1. The molecule has 8 nitrogen and oxygen atoms in total. The molecule has 0 unspecified atom stereocenters. The molecule has 30 heavy (non-hydrogen) atoms. The summed E-state index contributed by atoms with van der Waals surface area (Å²) in [6.07, 6.45) is -0.651. The molecule has 2 aromatic rings. The molecule has 1 heterocycles. The highest BCUT2D eigenvalue weighted by molar-refractivity contribution is 7.14. The quantitative estimate of drug-likeness (QED) is 0.659. The number of esters is 1. The van der Waals surface area contributed by atoms with Gasteiger partial charge in [0.2, 0.25) is 5.91 Å². The summed E-state index contributed by atoms with van der Waals surface area (Å²) in [7, 11) is 0. The first-order valence-corrected chi connectivity index (χ1v) is 10.1. The molecule has 0 aliphatic heterocycles. The molecular weight excluding hydrogens is 413 g/mol. The topological polar surface area (TPSA) is 97.8 Å². The van der Waals surface area contributed by atoms with Gasteiger partial charge in [0.15, 0.2) is 5.13 Å². The van der Waals surface area contributed by atoms with Crippen molar-refractivity contribution >= 4 is 40.1 Å². The monoisotopic (exact) mass is 437 g/mol. The molecular formula is C20H24FN3O5S. The summed E-state index contributed by atoms with van der Waals surface area (Å²) >= 11 is 1.13. The molecule has 0 fully saturated rings. The molecule has 1 N–H and O–H groups in total.